The van der Waals surface area contributed by atoms with Gasteiger partial charge in [-0.15, -0.1) is 0 Å². The van der Waals surface area contributed by atoms with Gasteiger partial charge in [-0.05, 0) is 19.2 Å². The first-order valence-corrected chi connectivity index (χ1v) is 8.31. The SMILES string of the molecule is CC1=C(Cl)C2CP(C)(=O)C1C1C(=O)OC(=O)C21. The minimum absolute atomic E-state index is 0.290. The van der Waals surface area contributed by atoms with Gasteiger partial charge in [0, 0.05) is 22.8 Å². The maximum atomic E-state index is 12.6. The van der Waals surface area contributed by atoms with Crippen molar-refractivity contribution in [2.24, 2.45) is 17.8 Å². The number of rotatable bonds is 0. The number of allylic oxidation sites excluding steroid dienone is 2. The van der Waals surface area contributed by atoms with Crippen LogP contribution in [0.15, 0.2) is 10.6 Å². The summed E-state index contributed by atoms with van der Waals surface area (Å²) in [5, 5.41) is 0.608. The minimum Gasteiger partial charge on any atom is -0.393 e. The van der Waals surface area contributed by atoms with Gasteiger partial charge in [-0.1, -0.05) is 11.6 Å². The van der Waals surface area contributed by atoms with Crippen LogP contribution in [0.2, 0.25) is 0 Å². The number of fused-ring (bicyclic) bond motifs is 1. The van der Waals surface area contributed by atoms with Crippen molar-refractivity contribution < 1.29 is 18.9 Å². The Balaban J connectivity index is 2.22. The van der Waals surface area contributed by atoms with E-state index >= 15 is 0 Å². The largest absolute Gasteiger partial charge is 0.393 e. The van der Waals surface area contributed by atoms with Crippen LogP contribution in [0.3, 0.4) is 0 Å². The van der Waals surface area contributed by atoms with Gasteiger partial charge in [-0.3, -0.25) is 9.59 Å². The van der Waals surface area contributed by atoms with E-state index in [1.54, 1.807) is 6.66 Å². The van der Waals surface area contributed by atoms with Crippen molar-refractivity contribution in [3.8, 4) is 0 Å². The number of carbonyl (C=O) groups excluding carboxylic acids is 2. The molecule has 4 aliphatic rings. The normalized spacial score (nSPS) is 48.4. The van der Waals surface area contributed by atoms with Gasteiger partial charge >= 0.3 is 11.9 Å². The molecule has 4 rings (SSSR count). The predicted molar refractivity (Wildman–Crippen MR) is 62.3 cm³/mol. The molecule has 0 radical (unpaired) electrons. The molecule has 3 heterocycles. The summed E-state index contributed by atoms with van der Waals surface area (Å²) in [6, 6.07) is 0. The second-order valence-electron chi connectivity index (χ2n) is 5.23. The molecule has 0 aromatic carbocycles. The Hall–Kier alpha value is -0.600. The van der Waals surface area contributed by atoms with E-state index < -0.39 is 36.6 Å². The molecule has 17 heavy (non-hydrogen) atoms. The fourth-order valence-corrected chi connectivity index (χ4v) is 7.45. The number of hydrogen-bond acceptors (Lipinski definition) is 4. The average Bonchev–Trinajstić information content (AvgIpc) is 2.49. The Kier molecular flexibility index (Phi) is 2.19. The first kappa shape index (κ1) is 11.5. The number of ether oxygens (including phenoxy) is 1. The highest BCUT2D eigenvalue weighted by molar-refractivity contribution is 7.64. The summed E-state index contributed by atoms with van der Waals surface area (Å²) < 4.78 is 17.3. The smallest absolute Gasteiger partial charge is 0.318 e. The lowest BCUT2D eigenvalue weighted by Gasteiger charge is -2.46. The van der Waals surface area contributed by atoms with Gasteiger partial charge in [0.1, 0.15) is 0 Å². The summed E-state index contributed by atoms with van der Waals surface area (Å²) in [6.45, 7) is 3.51. The van der Waals surface area contributed by atoms with E-state index in [1.807, 2.05) is 6.92 Å². The number of cyclic esters (lactones) is 2. The molecule has 0 N–H and O–H groups in total. The lowest BCUT2D eigenvalue weighted by molar-refractivity contribution is -0.153. The summed E-state index contributed by atoms with van der Waals surface area (Å²) in [5.41, 5.74) is 0.408. The van der Waals surface area contributed by atoms with Crippen LogP contribution in [-0.4, -0.2) is 30.4 Å². The molecule has 2 bridgehead atoms. The fraction of sp³-hybridized carbons (Fsp3) is 0.636. The molecular weight excluding hydrogens is 263 g/mol. The third kappa shape index (κ3) is 1.28. The second kappa shape index (κ2) is 3.24. The first-order chi connectivity index (χ1) is 7.84. The number of esters is 2. The van der Waals surface area contributed by atoms with Gasteiger partial charge in [0.05, 0.1) is 19.0 Å². The van der Waals surface area contributed by atoms with E-state index in [2.05, 4.69) is 0 Å². The Morgan fingerprint density at radius 3 is 2.53 bits per heavy atom. The van der Waals surface area contributed by atoms with Gasteiger partial charge in [0.2, 0.25) is 0 Å². The van der Waals surface area contributed by atoms with Crippen molar-refractivity contribution in [3.05, 3.63) is 10.6 Å². The van der Waals surface area contributed by atoms with E-state index in [-0.39, 0.29) is 5.92 Å². The summed E-state index contributed by atoms with van der Waals surface area (Å²) in [7, 11) is -2.47. The van der Waals surface area contributed by atoms with Crippen molar-refractivity contribution in [1.29, 1.82) is 0 Å². The fourth-order valence-electron chi connectivity index (χ4n) is 3.58. The van der Waals surface area contributed by atoms with Crippen LogP contribution in [0.25, 0.3) is 0 Å². The van der Waals surface area contributed by atoms with E-state index in [0.29, 0.717) is 11.2 Å². The van der Waals surface area contributed by atoms with Crippen LogP contribution in [0.5, 0.6) is 0 Å². The van der Waals surface area contributed by atoms with Crippen LogP contribution in [0, 0.1) is 17.8 Å². The van der Waals surface area contributed by atoms with E-state index in [9.17, 15) is 14.2 Å². The summed E-state index contributed by atoms with van der Waals surface area (Å²) >= 11 is 6.21. The maximum absolute atomic E-state index is 12.6. The Labute approximate surface area is 104 Å². The molecule has 0 spiro atoms. The van der Waals surface area contributed by atoms with Gasteiger partial charge in [0.25, 0.3) is 0 Å². The zero-order valence-electron chi connectivity index (χ0n) is 9.47. The molecule has 5 unspecified atom stereocenters. The number of halogens is 1. The van der Waals surface area contributed by atoms with Crippen molar-refractivity contribution in [1.82, 2.24) is 0 Å². The first-order valence-electron chi connectivity index (χ1n) is 5.52. The zero-order chi connectivity index (χ0) is 12.5. The van der Waals surface area contributed by atoms with Gasteiger partial charge in [0.15, 0.2) is 0 Å². The molecule has 5 atom stereocenters. The summed E-state index contributed by atoms with van der Waals surface area (Å²) in [4.78, 5) is 23.4. The van der Waals surface area contributed by atoms with E-state index in [4.69, 9.17) is 16.3 Å². The van der Waals surface area contributed by atoms with Crippen molar-refractivity contribution in [2.45, 2.75) is 12.6 Å². The molecule has 2 fully saturated rings. The van der Waals surface area contributed by atoms with Crippen molar-refractivity contribution in [3.63, 3.8) is 0 Å². The molecule has 4 nitrogen and oxygen atoms in total. The number of carbonyl (C=O) groups is 2. The number of hydrogen-bond donors (Lipinski definition) is 0. The maximum Gasteiger partial charge on any atom is 0.318 e. The molecular formula is C11H12ClO4P. The van der Waals surface area contributed by atoms with Crippen molar-refractivity contribution in [2.75, 3.05) is 12.8 Å². The lowest BCUT2D eigenvalue weighted by atomic mass is 9.74. The van der Waals surface area contributed by atoms with Gasteiger partial charge in [-0.25, -0.2) is 0 Å². The minimum atomic E-state index is -2.47. The predicted octanol–water partition coefficient (Wildman–Crippen LogP) is 1.82. The average molecular weight is 275 g/mol. The third-order valence-electron chi connectivity index (χ3n) is 4.20. The monoisotopic (exact) mass is 274 g/mol. The molecule has 0 amide bonds. The Bertz CT molecular complexity index is 524. The standard InChI is InChI=1S/C11H12ClO4P/c1-4-8(12)5-3-17(2,15)9(4)7-6(5)10(13)16-11(7)14/h5-7,9H,3H2,1-2H3. The van der Waals surface area contributed by atoms with Crippen LogP contribution in [0.4, 0.5) is 0 Å². The molecule has 1 aliphatic carbocycles. The van der Waals surface area contributed by atoms with Gasteiger partial charge < -0.3 is 9.30 Å². The zero-order valence-corrected chi connectivity index (χ0v) is 11.1. The second-order valence-corrected chi connectivity index (χ2v) is 8.91. The molecule has 3 aliphatic heterocycles. The highest BCUT2D eigenvalue weighted by atomic mass is 35.5. The van der Waals surface area contributed by atoms with E-state index in [1.165, 1.54) is 0 Å². The highest BCUT2D eigenvalue weighted by Gasteiger charge is 2.63. The van der Waals surface area contributed by atoms with Crippen LogP contribution < -0.4 is 0 Å². The lowest BCUT2D eigenvalue weighted by Crippen LogP contribution is -2.47. The Morgan fingerprint density at radius 2 is 1.88 bits per heavy atom. The van der Waals surface area contributed by atoms with Crippen LogP contribution in [0.1, 0.15) is 6.92 Å². The van der Waals surface area contributed by atoms with Crippen molar-refractivity contribution >= 4 is 30.7 Å². The molecule has 0 aromatic rings. The van der Waals surface area contributed by atoms with Crippen LogP contribution in [-0.2, 0) is 18.9 Å². The molecule has 0 saturated carbocycles. The molecule has 92 valence electrons. The quantitative estimate of drug-likeness (QED) is 0.384. The Morgan fingerprint density at radius 1 is 1.29 bits per heavy atom. The van der Waals surface area contributed by atoms with E-state index in [0.717, 1.165) is 5.57 Å². The molecule has 0 aromatic heterocycles. The highest BCUT2D eigenvalue weighted by Crippen LogP contribution is 2.67. The van der Waals surface area contributed by atoms with Gasteiger partial charge in [-0.2, -0.15) is 0 Å². The topological polar surface area (TPSA) is 60.4 Å². The third-order valence-corrected chi connectivity index (χ3v) is 7.78. The van der Waals surface area contributed by atoms with Crippen LogP contribution >= 0.6 is 18.7 Å². The summed E-state index contributed by atoms with van der Waals surface area (Å²) in [5.74, 6) is -2.40. The molecule has 2 saturated heterocycles. The molecule has 6 heteroatoms. The summed E-state index contributed by atoms with van der Waals surface area (Å²) in [6.07, 6.45) is 0.414.